The summed E-state index contributed by atoms with van der Waals surface area (Å²) in [5, 5.41) is 6.64. The van der Waals surface area contributed by atoms with Crippen LogP contribution in [0, 0.1) is 0 Å². The van der Waals surface area contributed by atoms with Gasteiger partial charge in [0.1, 0.15) is 24.6 Å². The van der Waals surface area contributed by atoms with Gasteiger partial charge in [0.2, 0.25) is 11.9 Å². The molecule has 1 amide bonds. The second-order valence-electron chi connectivity index (χ2n) is 4.10. The summed E-state index contributed by atoms with van der Waals surface area (Å²) in [5.41, 5.74) is 0.914. The van der Waals surface area contributed by atoms with Gasteiger partial charge in [-0.05, 0) is 6.07 Å². The predicted molar refractivity (Wildman–Crippen MR) is 64.3 cm³/mol. The van der Waals surface area contributed by atoms with E-state index in [1.807, 2.05) is 24.3 Å². The number of fused-ring (bicyclic) bond motifs is 1. The molecule has 6 nitrogen and oxygen atoms in total. The number of ether oxygens (including phenoxy) is 1. The number of para-hydroxylation sites is 1. The van der Waals surface area contributed by atoms with Gasteiger partial charge in [-0.1, -0.05) is 18.2 Å². The van der Waals surface area contributed by atoms with E-state index in [1.54, 1.807) is 7.05 Å². The van der Waals surface area contributed by atoms with E-state index in [1.165, 1.54) is 11.0 Å². The Kier molecular flexibility index (Phi) is 2.47. The van der Waals surface area contributed by atoms with Crippen LogP contribution >= 0.6 is 0 Å². The first-order valence-electron chi connectivity index (χ1n) is 5.62. The van der Waals surface area contributed by atoms with Gasteiger partial charge in [-0.3, -0.25) is 10.1 Å². The Morgan fingerprint density at radius 3 is 3.11 bits per heavy atom. The zero-order valence-corrected chi connectivity index (χ0v) is 9.83. The fourth-order valence-electron chi connectivity index (χ4n) is 1.99. The Balaban J connectivity index is 1.81. The summed E-state index contributed by atoms with van der Waals surface area (Å²) < 4.78 is 6.99. The van der Waals surface area contributed by atoms with Crippen molar-refractivity contribution < 1.29 is 9.53 Å². The summed E-state index contributed by atoms with van der Waals surface area (Å²) in [7, 11) is 1.72. The molecule has 1 atom stereocenters. The number of hydrogen-bond acceptors (Lipinski definition) is 4. The first-order valence-corrected chi connectivity index (χ1v) is 5.62. The van der Waals surface area contributed by atoms with Crippen LogP contribution in [0.4, 0.5) is 5.95 Å². The molecule has 0 saturated carbocycles. The monoisotopic (exact) mass is 244 g/mol. The number of nitrogens with zero attached hydrogens (tertiary/aromatic N) is 3. The van der Waals surface area contributed by atoms with Crippen LogP contribution in [0.1, 0.15) is 11.5 Å². The third kappa shape index (κ3) is 1.71. The molecule has 0 saturated heterocycles. The summed E-state index contributed by atoms with van der Waals surface area (Å²) in [6.07, 6.45) is 1.40. The molecule has 0 radical (unpaired) electrons. The molecule has 18 heavy (non-hydrogen) atoms. The van der Waals surface area contributed by atoms with Crippen LogP contribution in [0.2, 0.25) is 0 Å². The van der Waals surface area contributed by atoms with Gasteiger partial charge in [0.15, 0.2) is 0 Å². The molecular formula is C12H12N4O2. The van der Waals surface area contributed by atoms with Crippen LogP contribution in [0.15, 0.2) is 30.6 Å². The third-order valence-corrected chi connectivity index (χ3v) is 2.96. The highest BCUT2D eigenvalue weighted by Crippen LogP contribution is 2.33. The van der Waals surface area contributed by atoms with Crippen molar-refractivity contribution in [3.8, 4) is 5.75 Å². The van der Waals surface area contributed by atoms with Gasteiger partial charge in [0.25, 0.3) is 0 Å². The van der Waals surface area contributed by atoms with Gasteiger partial charge in [-0.15, -0.1) is 0 Å². The maximum atomic E-state index is 12.2. The largest absolute Gasteiger partial charge is 0.492 e. The highest BCUT2D eigenvalue weighted by molar-refractivity contribution is 5.95. The minimum atomic E-state index is -0.294. The van der Waals surface area contributed by atoms with Crippen molar-refractivity contribution in [1.29, 1.82) is 0 Å². The second-order valence-corrected chi connectivity index (χ2v) is 4.10. The van der Waals surface area contributed by atoms with E-state index in [9.17, 15) is 4.79 Å². The average molecular weight is 244 g/mol. The van der Waals surface area contributed by atoms with Crippen molar-refractivity contribution in [2.75, 3.05) is 11.9 Å². The maximum absolute atomic E-state index is 12.2. The lowest BCUT2D eigenvalue weighted by molar-refractivity contribution is -0.117. The van der Waals surface area contributed by atoms with Crippen molar-refractivity contribution in [3.63, 3.8) is 0 Å². The molecule has 0 spiro atoms. The zero-order chi connectivity index (χ0) is 12.5. The summed E-state index contributed by atoms with van der Waals surface area (Å²) in [6.45, 7) is 0.364. The van der Waals surface area contributed by atoms with Gasteiger partial charge < -0.3 is 4.74 Å². The molecule has 2 heterocycles. The second kappa shape index (κ2) is 4.14. The normalized spacial score (nSPS) is 17.1. The number of anilines is 1. The van der Waals surface area contributed by atoms with Crippen LogP contribution in [0.5, 0.6) is 5.75 Å². The zero-order valence-electron chi connectivity index (χ0n) is 9.83. The van der Waals surface area contributed by atoms with E-state index < -0.39 is 0 Å². The minimum absolute atomic E-state index is 0.129. The van der Waals surface area contributed by atoms with E-state index in [2.05, 4.69) is 15.4 Å². The molecule has 92 valence electrons. The molecular weight excluding hydrogens is 232 g/mol. The number of carbonyl (C=O) groups is 1. The maximum Gasteiger partial charge on any atom is 0.237 e. The predicted octanol–water partition coefficient (Wildman–Crippen LogP) is 0.930. The molecule has 1 aliphatic heterocycles. The fourth-order valence-corrected chi connectivity index (χ4v) is 1.99. The molecule has 1 aliphatic rings. The number of carbonyl (C=O) groups excluding carboxylic acids is 1. The lowest BCUT2D eigenvalue weighted by Crippen LogP contribution is -2.23. The molecule has 0 bridgehead atoms. The van der Waals surface area contributed by atoms with Crippen LogP contribution in [-0.4, -0.2) is 27.3 Å². The quantitative estimate of drug-likeness (QED) is 0.853. The Labute approximate surface area is 104 Å². The molecule has 1 aromatic heterocycles. The number of rotatable bonds is 2. The molecule has 0 aliphatic carbocycles. The Hall–Kier alpha value is -2.37. The summed E-state index contributed by atoms with van der Waals surface area (Å²) >= 11 is 0. The van der Waals surface area contributed by atoms with E-state index >= 15 is 0 Å². The van der Waals surface area contributed by atoms with Crippen molar-refractivity contribution in [3.05, 3.63) is 36.2 Å². The van der Waals surface area contributed by atoms with Crippen molar-refractivity contribution in [2.24, 2.45) is 7.05 Å². The first-order chi connectivity index (χ1) is 8.75. The molecule has 1 aromatic carbocycles. The number of benzene rings is 1. The lowest BCUT2D eigenvalue weighted by Gasteiger charge is -2.08. The number of hydrogen-bond donors (Lipinski definition) is 1. The smallest absolute Gasteiger partial charge is 0.237 e. The Morgan fingerprint density at radius 1 is 1.50 bits per heavy atom. The van der Waals surface area contributed by atoms with E-state index in [4.69, 9.17) is 4.74 Å². The number of nitrogens with one attached hydrogen (secondary N) is 1. The van der Waals surface area contributed by atoms with Gasteiger partial charge in [0, 0.05) is 12.6 Å². The van der Waals surface area contributed by atoms with Gasteiger partial charge in [0.05, 0.1) is 0 Å². The number of aryl methyl sites for hydroxylation is 1. The lowest BCUT2D eigenvalue weighted by atomic mass is 10.0. The van der Waals surface area contributed by atoms with Crippen molar-refractivity contribution >= 4 is 11.9 Å². The Morgan fingerprint density at radius 2 is 2.33 bits per heavy atom. The van der Waals surface area contributed by atoms with Gasteiger partial charge in [-0.25, -0.2) is 4.68 Å². The van der Waals surface area contributed by atoms with Crippen LogP contribution in [-0.2, 0) is 11.8 Å². The molecule has 6 heteroatoms. The van der Waals surface area contributed by atoms with E-state index in [0.717, 1.165) is 11.3 Å². The third-order valence-electron chi connectivity index (χ3n) is 2.96. The standard InChI is InChI=1S/C12H12N4O2/c1-16-12(13-7-14-16)15-11(17)9-6-18-10-5-3-2-4-8(9)10/h2-5,7,9H,6H2,1H3,(H,13,14,15,17)/t9-/m1/s1. The SMILES string of the molecule is Cn1ncnc1NC(=O)[C@@H]1COc2ccccc21. The van der Waals surface area contributed by atoms with E-state index in [0.29, 0.717) is 12.6 Å². The summed E-state index contributed by atoms with van der Waals surface area (Å²) in [6, 6.07) is 7.56. The molecule has 1 N–H and O–H groups in total. The number of aromatic nitrogens is 3. The van der Waals surface area contributed by atoms with E-state index in [-0.39, 0.29) is 11.8 Å². The van der Waals surface area contributed by atoms with Crippen LogP contribution in [0.25, 0.3) is 0 Å². The molecule has 2 aromatic rings. The van der Waals surface area contributed by atoms with Crippen LogP contribution in [0.3, 0.4) is 0 Å². The first kappa shape index (κ1) is 10.8. The summed E-state index contributed by atoms with van der Waals surface area (Å²) in [4.78, 5) is 16.1. The van der Waals surface area contributed by atoms with Crippen molar-refractivity contribution in [1.82, 2.24) is 14.8 Å². The van der Waals surface area contributed by atoms with Gasteiger partial charge in [-0.2, -0.15) is 10.1 Å². The average Bonchev–Trinajstić information content (AvgIpc) is 2.96. The van der Waals surface area contributed by atoms with Gasteiger partial charge >= 0.3 is 0 Å². The van der Waals surface area contributed by atoms with Crippen molar-refractivity contribution in [2.45, 2.75) is 5.92 Å². The highest BCUT2D eigenvalue weighted by Gasteiger charge is 2.30. The Bertz CT molecular complexity index is 593. The molecule has 0 fully saturated rings. The summed E-state index contributed by atoms with van der Waals surface area (Å²) in [5.74, 6) is 0.786. The number of amides is 1. The fraction of sp³-hybridized carbons (Fsp3) is 0.250. The van der Waals surface area contributed by atoms with Crippen LogP contribution < -0.4 is 10.1 Å². The molecule has 0 unspecified atom stereocenters. The topological polar surface area (TPSA) is 69.0 Å². The molecule has 3 rings (SSSR count). The minimum Gasteiger partial charge on any atom is -0.492 e. The highest BCUT2D eigenvalue weighted by atomic mass is 16.5.